The van der Waals surface area contributed by atoms with Gasteiger partial charge in [-0.2, -0.15) is 9.64 Å². The Morgan fingerprint density at radius 1 is 1.35 bits per heavy atom. The van der Waals surface area contributed by atoms with Crippen LogP contribution in [0.4, 0.5) is 0 Å². The maximum Gasteiger partial charge on any atom is 0.222 e. The SMILES string of the molecule is CCC(=O)N(CCO)C1CCc2c(-c3nc(-c4ccc(OC(C)C)c(C#N)c4)ns3)cccc21. The van der Waals surface area contributed by atoms with E-state index in [0.29, 0.717) is 30.1 Å². The van der Waals surface area contributed by atoms with E-state index in [-0.39, 0.29) is 24.7 Å². The van der Waals surface area contributed by atoms with E-state index in [1.807, 2.05) is 39.0 Å². The molecule has 4 rings (SSSR count). The fraction of sp³-hybridized carbons (Fsp3) is 0.385. The Morgan fingerprint density at radius 2 is 2.18 bits per heavy atom. The second kappa shape index (κ2) is 10.3. The molecule has 0 spiro atoms. The van der Waals surface area contributed by atoms with Crippen molar-refractivity contribution in [3.63, 3.8) is 0 Å². The summed E-state index contributed by atoms with van der Waals surface area (Å²) in [6, 6.07) is 13.7. The molecule has 176 valence electrons. The minimum absolute atomic E-state index is 0.0214. The van der Waals surface area contributed by atoms with Crippen molar-refractivity contribution in [1.82, 2.24) is 14.3 Å². The maximum absolute atomic E-state index is 12.5. The van der Waals surface area contributed by atoms with Crippen LogP contribution in [0, 0.1) is 11.3 Å². The minimum Gasteiger partial charge on any atom is -0.490 e. The number of hydrogen-bond donors (Lipinski definition) is 1. The fourth-order valence-corrected chi connectivity index (χ4v) is 5.22. The molecule has 0 saturated carbocycles. The summed E-state index contributed by atoms with van der Waals surface area (Å²) in [4.78, 5) is 19.1. The molecule has 1 aliphatic rings. The standard InChI is InChI=1S/C26H28N4O3S/c1-4-24(32)30(12-13-31)22-10-9-19-20(22)6-5-7-21(19)26-28-25(29-34-26)17-8-11-23(33-16(2)3)18(14-17)15-27/h5-8,11,14,16,22,31H,4,9-10,12-13H2,1-3H3. The first-order chi connectivity index (χ1) is 16.5. The van der Waals surface area contributed by atoms with Gasteiger partial charge in [0, 0.05) is 24.1 Å². The van der Waals surface area contributed by atoms with E-state index in [1.165, 1.54) is 17.1 Å². The summed E-state index contributed by atoms with van der Waals surface area (Å²) in [6.07, 6.45) is 2.06. The van der Waals surface area contributed by atoms with Crippen LogP contribution in [0.3, 0.4) is 0 Å². The minimum atomic E-state index is -0.0529. The van der Waals surface area contributed by atoms with Gasteiger partial charge in [0.25, 0.3) is 0 Å². The fourth-order valence-electron chi connectivity index (χ4n) is 4.49. The molecule has 0 fully saturated rings. The van der Waals surface area contributed by atoms with Gasteiger partial charge in [-0.15, -0.1) is 0 Å². The Hall–Kier alpha value is -3.28. The first-order valence-corrected chi connectivity index (χ1v) is 12.3. The molecular weight excluding hydrogens is 448 g/mol. The van der Waals surface area contributed by atoms with E-state index >= 15 is 0 Å². The highest BCUT2D eigenvalue weighted by atomic mass is 32.1. The number of benzene rings is 2. The highest BCUT2D eigenvalue weighted by Crippen LogP contribution is 2.41. The van der Waals surface area contributed by atoms with Gasteiger partial charge in [0.15, 0.2) is 5.82 Å². The Labute approximate surface area is 203 Å². The number of nitrogens with zero attached hydrogens (tertiary/aromatic N) is 4. The van der Waals surface area contributed by atoms with Crippen molar-refractivity contribution in [3.05, 3.63) is 53.1 Å². The molecule has 1 amide bonds. The largest absolute Gasteiger partial charge is 0.490 e. The zero-order chi connectivity index (χ0) is 24.2. The van der Waals surface area contributed by atoms with Crippen molar-refractivity contribution in [2.45, 2.75) is 52.2 Å². The van der Waals surface area contributed by atoms with E-state index in [0.717, 1.165) is 34.5 Å². The lowest BCUT2D eigenvalue weighted by Gasteiger charge is -2.29. The van der Waals surface area contributed by atoms with Crippen molar-refractivity contribution >= 4 is 17.4 Å². The first kappa shape index (κ1) is 23.9. The third kappa shape index (κ3) is 4.67. The van der Waals surface area contributed by atoms with Crippen molar-refractivity contribution in [1.29, 1.82) is 5.26 Å². The van der Waals surface area contributed by atoms with Crippen LogP contribution in [0.25, 0.3) is 22.0 Å². The topological polar surface area (TPSA) is 99.3 Å². The lowest BCUT2D eigenvalue weighted by atomic mass is 10.0. The number of carbonyl (C=O) groups is 1. The van der Waals surface area contributed by atoms with E-state index in [1.54, 1.807) is 17.0 Å². The van der Waals surface area contributed by atoms with E-state index in [4.69, 9.17) is 9.72 Å². The smallest absolute Gasteiger partial charge is 0.222 e. The number of aromatic nitrogens is 2. The zero-order valence-corrected chi connectivity index (χ0v) is 20.4. The monoisotopic (exact) mass is 476 g/mol. The number of rotatable bonds is 8. The number of fused-ring (bicyclic) bond motifs is 1. The molecule has 7 nitrogen and oxygen atoms in total. The summed E-state index contributed by atoms with van der Waals surface area (Å²) in [5, 5.41) is 19.8. The molecule has 1 aromatic heterocycles. The summed E-state index contributed by atoms with van der Waals surface area (Å²) in [6.45, 7) is 5.98. The Morgan fingerprint density at radius 3 is 2.88 bits per heavy atom. The lowest BCUT2D eigenvalue weighted by Crippen LogP contribution is -2.35. The molecule has 1 unspecified atom stereocenters. The molecule has 1 aliphatic carbocycles. The summed E-state index contributed by atoms with van der Waals surface area (Å²) < 4.78 is 10.3. The second-order valence-corrected chi connectivity index (χ2v) is 9.26. The average Bonchev–Trinajstić information content (AvgIpc) is 3.49. The van der Waals surface area contributed by atoms with Gasteiger partial charge in [-0.3, -0.25) is 4.79 Å². The van der Waals surface area contributed by atoms with Crippen LogP contribution in [-0.2, 0) is 11.2 Å². The van der Waals surface area contributed by atoms with Gasteiger partial charge in [-0.1, -0.05) is 25.1 Å². The normalized spacial score (nSPS) is 14.6. The molecule has 3 aromatic rings. The van der Waals surface area contributed by atoms with Gasteiger partial charge >= 0.3 is 0 Å². The predicted octanol–water partition coefficient (Wildman–Crippen LogP) is 4.75. The first-order valence-electron chi connectivity index (χ1n) is 11.5. The summed E-state index contributed by atoms with van der Waals surface area (Å²) in [5.74, 6) is 1.18. The van der Waals surface area contributed by atoms with E-state index < -0.39 is 0 Å². The molecular formula is C26H28N4O3S. The van der Waals surface area contributed by atoms with Crippen molar-refractivity contribution in [3.8, 4) is 33.8 Å². The van der Waals surface area contributed by atoms with E-state index in [2.05, 4.69) is 16.5 Å². The third-order valence-electron chi connectivity index (χ3n) is 5.96. The Balaban J connectivity index is 1.65. The molecule has 0 radical (unpaired) electrons. The maximum atomic E-state index is 12.5. The predicted molar refractivity (Wildman–Crippen MR) is 131 cm³/mol. The Kier molecular flexibility index (Phi) is 7.25. The van der Waals surface area contributed by atoms with Crippen molar-refractivity contribution in [2.75, 3.05) is 13.2 Å². The number of aliphatic hydroxyl groups excluding tert-OH is 1. The average molecular weight is 477 g/mol. The number of hydrogen-bond acceptors (Lipinski definition) is 7. The summed E-state index contributed by atoms with van der Waals surface area (Å²) in [5.41, 5.74) is 4.54. The number of aliphatic hydroxyl groups is 1. The second-order valence-electron chi connectivity index (χ2n) is 8.50. The van der Waals surface area contributed by atoms with Crippen LogP contribution in [0.1, 0.15) is 56.3 Å². The number of amides is 1. The van der Waals surface area contributed by atoms with Gasteiger partial charge in [0.2, 0.25) is 5.91 Å². The number of ether oxygens (including phenoxy) is 1. The zero-order valence-electron chi connectivity index (χ0n) is 19.6. The van der Waals surface area contributed by atoms with Crippen LogP contribution < -0.4 is 4.74 Å². The third-order valence-corrected chi connectivity index (χ3v) is 6.70. The molecule has 0 bridgehead atoms. The van der Waals surface area contributed by atoms with Crippen molar-refractivity contribution in [2.24, 2.45) is 0 Å². The molecule has 0 saturated heterocycles. The molecule has 1 N–H and O–H groups in total. The molecule has 0 aliphatic heterocycles. The molecule has 2 aromatic carbocycles. The molecule has 8 heteroatoms. The number of nitriles is 1. The van der Waals surface area contributed by atoms with Crippen LogP contribution in [-0.4, -0.2) is 44.5 Å². The molecule has 1 heterocycles. The highest BCUT2D eigenvalue weighted by molar-refractivity contribution is 7.09. The molecule has 1 atom stereocenters. The lowest BCUT2D eigenvalue weighted by molar-refractivity contribution is -0.134. The highest BCUT2D eigenvalue weighted by Gasteiger charge is 2.32. The van der Waals surface area contributed by atoms with Gasteiger partial charge in [0.05, 0.1) is 24.3 Å². The van der Waals surface area contributed by atoms with E-state index in [9.17, 15) is 15.2 Å². The van der Waals surface area contributed by atoms with Crippen LogP contribution in [0.5, 0.6) is 5.75 Å². The Bertz CT molecular complexity index is 1230. The van der Waals surface area contributed by atoms with Gasteiger partial charge in [-0.25, -0.2) is 4.98 Å². The van der Waals surface area contributed by atoms with Gasteiger partial charge in [-0.05, 0) is 67.5 Å². The van der Waals surface area contributed by atoms with Gasteiger partial charge < -0.3 is 14.7 Å². The molecule has 34 heavy (non-hydrogen) atoms. The van der Waals surface area contributed by atoms with Gasteiger partial charge in [0.1, 0.15) is 16.8 Å². The quantitative estimate of drug-likeness (QED) is 0.504. The summed E-state index contributed by atoms with van der Waals surface area (Å²) >= 11 is 1.33. The van der Waals surface area contributed by atoms with Crippen LogP contribution in [0.2, 0.25) is 0 Å². The van der Waals surface area contributed by atoms with Crippen molar-refractivity contribution < 1.29 is 14.6 Å². The number of carbonyl (C=O) groups excluding carboxylic acids is 1. The summed E-state index contributed by atoms with van der Waals surface area (Å²) in [7, 11) is 0. The van der Waals surface area contributed by atoms with Crippen LogP contribution >= 0.6 is 11.5 Å². The van der Waals surface area contributed by atoms with Crippen LogP contribution in [0.15, 0.2) is 36.4 Å².